The summed E-state index contributed by atoms with van der Waals surface area (Å²) in [7, 11) is 3.15. The quantitative estimate of drug-likeness (QED) is 0.770. The zero-order chi connectivity index (χ0) is 18.7. The Labute approximate surface area is 158 Å². The summed E-state index contributed by atoms with van der Waals surface area (Å²) in [6.07, 6.45) is 5.55. The smallest absolute Gasteiger partial charge is 0.257 e. The molecule has 0 saturated carbocycles. The fourth-order valence-electron chi connectivity index (χ4n) is 3.24. The number of rotatable bonds is 6. The molecule has 1 aliphatic rings. The summed E-state index contributed by atoms with van der Waals surface area (Å²) in [6.45, 7) is 6.02. The molecule has 3 rings (SSSR count). The van der Waals surface area contributed by atoms with Crippen molar-refractivity contribution in [3.05, 3.63) is 46.5 Å². The first kappa shape index (κ1) is 18.5. The van der Waals surface area contributed by atoms with Crippen LogP contribution in [0.25, 0.3) is 0 Å². The van der Waals surface area contributed by atoms with Gasteiger partial charge in [-0.15, -0.1) is 17.9 Å². The van der Waals surface area contributed by atoms with E-state index in [-0.39, 0.29) is 5.91 Å². The van der Waals surface area contributed by atoms with Crippen LogP contribution in [-0.4, -0.2) is 25.1 Å². The van der Waals surface area contributed by atoms with Gasteiger partial charge in [0, 0.05) is 16.0 Å². The fourth-order valence-corrected chi connectivity index (χ4v) is 4.41. The van der Waals surface area contributed by atoms with Gasteiger partial charge in [-0.1, -0.05) is 13.0 Å². The first-order valence-corrected chi connectivity index (χ1v) is 9.53. The van der Waals surface area contributed by atoms with Crippen LogP contribution in [0.5, 0.6) is 11.5 Å². The van der Waals surface area contributed by atoms with Gasteiger partial charge in [0.05, 0.1) is 19.9 Å². The van der Waals surface area contributed by atoms with E-state index in [0.29, 0.717) is 34.5 Å². The molecule has 0 fully saturated rings. The van der Waals surface area contributed by atoms with E-state index in [1.54, 1.807) is 37.7 Å². The van der Waals surface area contributed by atoms with Gasteiger partial charge in [0.25, 0.3) is 5.91 Å². The third kappa shape index (κ3) is 3.75. The molecule has 6 heteroatoms. The van der Waals surface area contributed by atoms with Crippen LogP contribution in [-0.2, 0) is 19.3 Å². The summed E-state index contributed by atoms with van der Waals surface area (Å²) < 4.78 is 10.8. The number of hydrogen-bond acceptors (Lipinski definition) is 5. The van der Waals surface area contributed by atoms with Crippen LogP contribution in [0.15, 0.2) is 24.8 Å². The lowest BCUT2D eigenvalue weighted by atomic mass is 9.93. The van der Waals surface area contributed by atoms with E-state index in [1.807, 2.05) is 6.07 Å². The third-order valence-electron chi connectivity index (χ3n) is 4.59. The molecule has 1 amide bonds. The zero-order valence-corrected chi connectivity index (χ0v) is 16.2. The molecule has 1 atom stereocenters. The minimum atomic E-state index is -0.199. The number of allylic oxidation sites excluding steroid dienone is 1. The molecule has 26 heavy (non-hydrogen) atoms. The standard InChI is InChI=1S/C20H24N2O3S/c1-5-6-13-10-14(11-16(24-3)18(13)25-4)19(23)22-20-21-15-8-7-12(2)9-17(15)26-20/h5,10-12H,1,6-9H2,2-4H3,(H,21,22,23). The number of nitrogens with one attached hydrogen (secondary N) is 1. The van der Waals surface area contributed by atoms with Crippen molar-refractivity contribution in [3.8, 4) is 11.5 Å². The number of anilines is 1. The van der Waals surface area contributed by atoms with E-state index in [2.05, 4.69) is 23.8 Å². The molecule has 1 aromatic heterocycles. The summed E-state index contributed by atoms with van der Waals surface area (Å²) in [5, 5.41) is 3.60. The van der Waals surface area contributed by atoms with Crippen molar-refractivity contribution in [2.24, 2.45) is 5.92 Å². The maximum absolute atomic E-state index is 12.7. The SMILES string of the molecule is C=CCc1cc(C(=O)Nc2nc3c(s2)CC(C)CC3)cc(OC)c1OC. The van der Waals surface area contributed by atoms with Gasteiger partial charge in [-0.2, -0.15) is 0 Å². The number of carbonyl (C=O) groups is 1. The highest BCUT2D eigenvalue weighted by atomic mass is 32.1. The Balaban J connectivity index is 1.85. The second-order valence-corrected chi connectivity index (χ2v) is 7.64. The largest absolute Gasteiger partial charge is 0.493 e. The highest BCUT2D eigenvalue weighted by molar-refractivity contribution is 7.15. The number of benzene rings is 1. The molecule has 0 spiro atoms. The Morgan fingerprint density at radius 3 is 2.92 bits per heavy atom. The molecule has 5 nitrogen and oxygen atoms in total. The van der Waals surface area contributed by atoms with Gasteiger partial charge in [-0.3, -0.25) is 10.1 Å². The maximum Gasteiger partial charge on any atom is 0.257 e. The van der Waals surface area contributed by atoms with Gasteiger partial charge in [0.1, 0.15) is 0 Å². The second kappa shape index (κ2) is 7.91. The van der Waals surface area contributed by atoms with Crippen molar-refractivity contribution in [2.75, 3.05) is 19.5 Å². The zero-order valence-electron chi connectivity index (χ0n) is 15.4. The molecular weight excluding hydrogens is 348 g/mol. The maximum atomic E-state index is 12.7. The van der Waals surface area contributed by atoms with Crippen LogP contribution in [0.4, 0.5) is 5.13 Å². The highest BCUT2D eigenvalue weighted by Gasteiger charge is 2.21. The lowest BCUT2D eigenvalue weighted by molar-refractivity contribution is 0.102. The molecule has 0 bridgehead atoms. The Bertz CT molecular complexity index is 829. The first-order chi connectivity index (χ1) is 12.5. The average Bonchev–Trinajstić information content (AvgIpc) is 3.02. The number of aromatic nitrogens is 1. The average molecular weight is 372 g/mol. The lowest BCUT2D eigenvalue weighted by Crippen LogP contribution is -2.13. The molecule has 2 aromatic rings. The van der Waals surface area contributed by atoms with Gasteiger partial charge < -0.3 is 9.47 Å². The summed E-state index contributed by atoms with van der Waals surface area (Å²) in [5.41, 5.74) is 2.50. The van der Waals surface area contributed by atoms with Crippen molar-refractivity contribution in [1.29, 1.82) is 0 Å². The number of methoxy groups -OCH3 is 2. The number of hydrogen-bond donors (Lipinski definition) is 1. The van der Waals surface area contributed by atoms with E-state index in [0.717, 1.165) is 30.5 Å². The Hall–Kier alpha value is -2.34. The Morgan fingerprint density at radius 2 is 2.23 bits per heavy atom. The van der Waals surface area contributed by atoms with Gasteiger partial charge in [-0.25, -0.2) is 4.98 Å². The Kier molecular flexibility index (Phi) is 5.61. The van der Waals surface area contributed by atoms with Gasteiger partial charge in [0.15, 0.2) is 16.6 Å². The van der Waals surface area contributed by atoms with E-state index < -0.39 is 0 Å². The van der Waals surface area contributed by atoms with E-state index >= 15 is 0 Å². The summed E-state index contributed by atoms with van der Waals surface area (Å²) >= 11 is 1.58. The van der Waals surface area contributed by atoms with Crippen molar-refractivity contribution in [3.63, 3.8) is 0 Å². The summed E-state index contributed by atoms with van der Waals surface area (Å²) in [6, 6.07) is 3.50. The molecule has 1 aromatic carbocycles. The molecule has 1 unspecified atom stereocenters. The highest BCUT2D eigenvalue weighted by Crippen LogP contribution is 2.35. The van der Waals surface area contributed by atoms with Crippen LogP contribution in [0.2, 0.25) is 0 Å². The third-order valence-corrected chi connectivity index (χ3v) is 5.62. The van der Waals surface area contributed by atoms with E-state index in [4.69, 9.17) is 9.47 Å². The number of ether oxygens (including phenoxy) is 2. The van der Waals surface area contributed by atoms with Crippen LogP contribution >= 0.6 is 11.3 Å². The van der Waals surface area contributed by atoms with Gasteiger partial charge in [-0.05, 0) is 43.7 Å². The minimum Gasteiger partial charge on any atom is -0.493 e. The minimum absolute atomic E-state index is 0.199. The molecule has 1 aliphatic carbocycles. The first-order valence-electron chi connectivity index (χ1n) is 8.71. The molecule has 0 saturated heterocycles. The van der Waals surface area contributed by atoms with Crippen LogP contribution < -0.4 is 14.8 Å². The number of amides is 1. The van der Waals surface area contributed by atoms with Crippen LogP contribution in [0.3, 0.4) is 0 Å². The van der Waals surface area contributed by atoms with Crippen molar-refractivity contribution in [2.45, 2.75) is 32.6 Å². The van der Waals surface area contributed by atoms with Gasteiger partial charge in [0.2, 0.25) is 0 Å². The molecule has 1 heterocycles. The molecule has 138 valence electrons. The topological polar surface area (TPSA) is 60.5 Å². The second-order valence-electron chi connectivity index (χ2n) is 6.55. The predicted octanol–water partition coefficient (Wildman–Crippen LogP) is 4.27. The molecular formula is C20H24N2O3S. The van der Waals surface area contributed by atoms with Crippen molar-refractivity contribution in [1.82, 2.24) is 4.98 Å². The number of carbonyl (C=O) groups excluding carboxylic acids is 1. The lowest BCUT2D eigenvalue weighted by Gasteiger charge is -2.15. The van der Waals surface area contributed by atoms with Crippen molar-refractivity contribution < 1.29 is 14.3 Å². The van der Waals surface area contributed by atoms with Crippen LogP contribution in [0, 0.1) is 5.92 Å². The summed E-state index contributed by atoms with van der Waals surface area (Å²) in [5.74, 6) is 1.64. The molecule has 0 aliphatic heterocycles. The van der Waals surface area contributed by atoms with Crippen molar-refractivity contribution >= 4 is 22.4 Å². The van der Waals surface area contributed by atoms with Crippen LogP contribution in [0.1, 0.15) is 39.8 Å². The number of nitrogens with zero attached hydrogens (tertiary/aromatic N) is 1. The fraction of sp³-hybridized carbons (Fsp3) is 0.400. The van der Waals surface area contributed by atoms with Gasteiger partial charge >= 0.3 is 0 Å². The Morgan fingerprint density at radius 1 is 1.42 bits per heavy atom. The normalized spacial score (nSPS) is 15.9. The number of aryl methyl sites for hydroxylation is 1. The molecule has 1 N–H and O–H groups in total. The van der Waals surface area contributed by atoms with E-state index in [1.165, 1.54) is 4.88 Å². The van der Waals surface area contributed by atoms with E-state index in [9.17, 15) is 4.79 Å². The number of fused-ring (bicyclic) bond motifs is 1. The summed E-state index contributed by atoms with van der Waals surface area (Å²) in [4.78, 5) is 18.6. The monoisotopic (exact) mass is 372 g/mol. The molecule has 0 radical (unpaired) electrons. The number of thiazole rings is 1. The predicted molar refractivity (Wildman–Crippen MR) is 105 cm³/mol.